The number of nitrogens with two attached hydrogens (primary N) is 1. The number of hydrogen-bond donors (Lipinski definition) is 2. The van der Waals surface area contributed by atoms with E-state index >= 15 is 0 Å². The van der Waals surface area contributed by atoms with Crippen LogP contribution in [0.1, 0.15) is 0 Å². The molecule has 0 aromatic heterocycles. The first-order chi connectivity index (χ1) is 6.98. The predicted octanol–water partition coefficient (Wildman–Crippen LogP) is 1.02. The summed E-state index contributed by atoms with van der Waals surface area (Å²) < 4.78 is 30.6. The molecule has 0 atom stereocenters. The van der Waals surface area contributed by atoms with Crippen molar-refractivity contribution in [3.05, 3.63) is 36.4 Å². The van der Waals surface area contributed by atoms with Gasteiger partial charge in [-0.2, -0.15) is 8.42 Å². The van der Waals surface area contributed by atoms with E-state index in [0.717, 1.165) is 5.39 Å². The molecule has 0 bridgehead atoms. The molecule has 0 heterocycles. The molecule has 0 unspecified atom stereocenters. The van der Waals surface area contributed by atoms with Gasteiger partial charge >= 0.3 is 29.6 Å². The zero-order chi connectivity index (χ0) is 11.1. The predicted molar refractivity (Wildman–Crippen MR) is 65.3 cm³/mol. The molecule has 0 fully saturated rings. The van der Waals surface area contributed by atoms with E-state index in [1.807, 2.05) is 0 Å². The summed E-state index contributed by atoms with van der Waals surface area (Å²) in [6.45, 7) is 0. The van der Waals surface area contributed by atoms with Gasteiger partial charge in [-0.1, -0.05) is 18.2 Å². The first kappa shape index (κ1) is 13.5. The standard InChI is InChI=1S/C10H9NO3S.Na.H/c11-10-3-1-2-7-6-8(15(12,13)14)4-5-9(7)10;;/h1-6H,11H2,(H,12,13,14);;. The van der Waals surface area contributed by atoms with Crippen molar-refractivity contribution in [2.45, 2.75) is 4.90 Å². The van der Waals surface area contributed by atoms with Crippen LogP contribution in [0.4, 0.5) is 5.69 Å². The van der Waals surface area contributed by atoms with Gasteiger partial charge in [0.2, 0.25) is 0 Å². The molecule has 0 saturated carbocycles. The van der Waals surface area contributed by atoms with Gasteiger partial charge in [-0.15, -0.1) is 0 Å². The fourth-order valence-electron chi connectivity index (χ4n) is 1.45. The van der Waals surface area contributed by atoms with Crippen molar-refractivity contribution < 1.29 is 13.0 Å². The van der Waals surface area contributed by atoms with Crippen LogP contribution in [0.15, 0.2) is 41.3 Å². The monoisotopic (exact) mass is 247 g/mol. The van der Waals surface area contributed by atoms with Crippen LogP contribution in [0.25, 0.3) is 10.8 Å². The molecule has 0 radical (unpaired) electrons. The Labute approximate surface area is 115 Å². The second-order valence-corrected chi connectivity index (χ2v) is 4.63. The third-order valence-corrected chi connectivity index (χ3v) is 3.03. The summed E-state index contributed by atoms with van der Waals surface area (Å²) in [4.78, 5) is -0.124. The van der Waals surface area contributed by atoms with E-state index in [2.05, 4.69) is 0 Å². The molecule has 2 aromatic rings. The van der Waals surface area contributed by atoms with Crippen molar-refractivity contribution in [2.75, 3.05) is 5.73 Å². The van der Waals surface area contributed by atoms with E-state index < -0.39 is 10.1 Å². The van der Waals surface area contributed by atoms with Gasteiger partial charge in [-0.05, 0) is 23.6 Å². The SMILES string of the molecule is Nc1cccc2cc(S(=O)(=O)O)ccc12.[NaH]. The van der Waals surface area contributed by atoms with Crippen LogP contribution in [0, 0.1) is 0 Å². The molecule has 0 aliphatic carbocycles. The molecule has 6 heteroatoms. The van der Waals surface area contributed by atoms with E-state index in [-0.39, 0.29) is 34.5 Å². The van der Waals surface area contributed by atoms with Crippen molar-refractivity contribution in [2.24, 2.45) is 0 Å². The van der Waals surface area contributed by atoms with Crippen molar-refractivity contribution in [3.8, 4) is 0 Å². The molecule has 2 rings (SSSR count). The van der Waals surface area contributed by atoms with Crippen molar-refractivity contribution in [1.82, 2.24) is 0 Å². The Kier molecular flexibility index (Phi) is 3.98. The summed E-state index contributed by atoms with van der Waals surface area (Å²) >= 11 is 0. The van der Waals surface area contributed by atoms with Crippen molar-refractivity contribution in [3.63, 3.8) is 0 Å². The molecule has 2 aromatic carbocycles. The van der Waals surface area contributed by atoms with E-state index in [4.69, 9.17) is 10.3 Å². The zero-order valence-corrected chi connectivity index (χ0v) is 8.53. The van der Waals surface area contributed by atoms with Gasteiger partial charge < -0.3 is 5.73 Å². The van der Waals surface area contributed by atoms with Crippen LogP contribution >= 0.6 is 0 Å². The van der Waals surface area contributed by atoms with Crippen LogP contribution in [-0.4, -0.2) is 42.5 Å². The fraction of sp³-hybridized carbons (Fsp3) is 0. The summed E-state index contributed by atoms with van der Waals surface area (Å²) in [5, 5.41) is 1.45. The number of nitrogen functional groups attached to an aromatic ring is 1. The second-order valence-electron chi connectivity index (χ2n) is 3.21. The molecule has 16 heavy (non-hydrogen) atoms. The molecular formula is C10H10NNaO3S. The summed E-state index contributed by atoms with van der Waals surface area (Å²) in [7, 11) is -4.15. The number of anilines is 1. The average Bonchev–Trinajstić information content (AvgIpc) is 2.16. The molecule has 0 saturated heterocycles. The Balaban J connectivity index is 0.00000128. The molecule has 0 aliphatic rings. The molecule has 80 valence electrons. The Morgan fingerprint density at radius 1 is 1.12 bits per heavy atom. The van der Waals surface area contributed by atoms with Crippen LogP contribution in [0.2, 0.25) is 0 Å². The summed E-state index contributed by atoms with van der Waals surface area (Å²) in [5.74, 6) is 0. The average molecular weight is 247 g/mol. The van der Waals surface area contributed by atoms with Crippen molar-refractivity contribution >= 4 is 56.1 Å². The normalized spacial score (nSPS) is 11.1. The molecular weight excluding hydrogens is 237 g/mol. The molecule has 4 nitrogen and oxygen atoms in total. The van der Waals surface area contributed by atoms with Crippen LogP contribution < -0.4 is 5.73 Å². The van der Waals surface area contributed by atoms with E-state index in [1.54, 1.807) is 24.3 Å². The van der Waals surface area contributed by atoms with Crippen LogP contribution in [0.5, 0.6) is 0 Å². The fourth-order valence-corrected chi connectivity index (χ4v) is 1.96. The number of rotatable bonds is 1. The summed E-state index contributed by atoms with van der Waals surface area (Å²) in [6.07, 6.45) is 0. The Morgan fingerprint density at radius 2 is 1.81 bits per heavy atom. The van der Waals surface area contributed by atoms with Gasteiger partial charge in [0.05, 0.1) is 4.90 Å². The maximum atomic E-state index is 10.9. The van der Waals surface area contributed by atoms with Gasteiger partial charge in [0.1, 0.15) is 0 Å². The number of benzene rings is 2. The molecule has 0 spiro atoms. The number of fused-ring (bicyclic) bond motifs is 1. The summed E-state index contributed by atoms with van der Waals surface area (Å²) in [5.41, 5.74) is 6.28. The Hall–Kier alpha value is -0.590. The number of hydrogen-bond acceptors (Lipinski definition) is 3. The van der Waals surface area contributed by atoms with E-state index in [9.17, 15) is 8.42 Å². The first-order valence-corrected chi connectivity index (χ1v) is 5.68. The van der Waals surface area contributed by atoms with Gasteiger partial charge in [-0.3, -0.25) is 4.55 Å². The first-order valence-electron chi connectivity index (χ1n) is 4.24. The van der Waals surface area contributed by atoms with Crippen LogP contribution in [-0.2, 0) is 10.1 Å². The van der Waals surface area contributed by atoms with Gasteiger partial charge in [0.15, 0.2) is 0 Å². The van der Waals surface area contributed by atoms with Gasteiger partial charge in [-0.25, -0.2) is 0 Å². The molecule has 3 N–H and O–H groups in total. The quantitative estimate of drug-likeness (QED) is 0.448. The molecule has 0 aliphatic heterocycles. The Bertz CT molecular complexity index is 625. The topological polar surface area (TPSA) is 80.4 Å². The summed E-state index contributed by atoms with van der Waals surface area (Å²) in [6, 6.07) is 9.49. The third-order valence-electron chi connectivity index (χ3n) is 2.18. The van der Waals surface area contributed by atoms with E-state index in [0.29, 0.717) is 11.1 Å². The molecule has 0 amide bonds. The maximum absolute atomic E-state index is 10.9. The zero-order valence-electron chi connectivity index (χ0n) is 7.71. The third kappa shape index (κ3) is 2.56. The van der Waals surface area contributed by atoms with Crippen LogP contribution in [0.3, 0.4) is 0 Å². The second kappa shape index (κ2) is 4.73. The van der Waals surface area contributed by atoms with Crippen molar-refractivity contribution in [1.29, 1.82) is 0 Å². The minimum atomic E-state index is -4.15. The Morgan fingerprint density at radius 3 is 2.44 bits per heavy atom. The minimum absolute atomic E-state index is 0. The van der Waals surface area contributed by atoms with E-state index in [1.165, 1.54) is 12.1 Å². The van der Waals surface area contributed by atoms with Gasteiger partial charge in [0.25, 0.3) is 10.1 Å². The van der Waals surface area contributed by atoms with Gasteiger partial charge in [0, 0.05) is 11.1 Å².